The third-order valence-electron chi connectivity index (χ3n) is 3.87. The molecule has 26 heavy (non-hydrogen) atoms. The van der Waals surface area contributed by atoms with E-state index in [0.29, 0.717) is 16.8 Å². The number of benzene rings is 1. The molecule has 10 heteroatoms. The van der Waals surface area contributed by atoms with Crippen molar-refractivity contribution in [3.05, 3.63) is 30.1 Å². The normalized spacial score (nSPS) is 14.1. The maximum atomic E-state index is 12.9. The average Bonchev–Trinajstić information content (AvgIpc) is 3.01. The number of hydrazone groups is 1. The van der Waals surface area contributed by atoms with Crippen LogP contribution in [0.3, 0.4) is 0 Å². The SMILES string of the molecule is Nn1c(NN=C2CCCCC2)nnc1SCC(=O)Nc1ccc(F)cc1. The molecular weight excluding hydrogens is 357 g/mol. The van der Waals surface area contributed by atoms with Gasteiger partial charge in [-0.25, -0.2) is 14.5 Å². The van der Waals surface area contributed by atoms with Crippen molar-refractivity contribution < 1.29 is 9.18 Å². The highest BCUT2D eigenvalue weighted by atomic mass is 32.2. The van der Waals surface area contributed by atoms with Crippen molar-refractivity contribution in [2.75, 3.05) is 22.3 Å². The zero-order valence-corrected chi connectivity index (χ0v) is 14.9. The lowest BCUT2D eigenvalue weighted by atomic mass is 9.99. The van der Waals surface area contributed by atoms with Crippen molar-refractivity contribution >= 4 is 35.0 Å². The first-order chi connectivity index (χ1) is 12.6. The summed E-state index contributed by atoms with van der Waals surface area (Å²) in [6.45, 7) is 0. The van der Waals surface area contributed by atoms with E-state index >= 15 is 0 Å². The van der Waals surface area contributed by atoms with Crippen LogP contribution in [0.5, 0.6) is 0 Å². The van der Waals surface area contributed by atoms with Crippen molar-refractivity contribution in [2.45, 2.75) is 37.3 Å². The Morgan fingerprint density at radius 1 is 1.23 bits per heavy atom. The molecule has 8 nitrogen and oxygen atoms in total. The van der Waals surface area contributed by atoms with Gasteiger partial charge in [-0.2, -0.15) is 5.10 Å². The quantitative estimate of drug-likeness (QED) is 0.405. The van der Waals surface area contributed by atoms with E-state index in [-0.39, 0.29) is 17.5 Å². The minimum Gasteiger partial charge on any atom is -0.334 e. The first-order valence-electron chi connectivity index (χ1n) is 8.32. The Morgan fingerprint density at radius 3 is 2.69 bits per heavy atom. The Balaban J connectivity index is 1.51. The number of nitrogen functional groups attached to an aromatic ring is 1. The fourth-order valence-electron chi connectivity index (χ4n) is 2.51. The number of carbonyl (C=O) groups is 1. The molecule has 0 spiro atoms. The van der Waals surface area contributed by atoms with Gasteiger partial charge in [-0.1, -0.05) is 18.2 Å². The lowest BCUT2D eigenvalue weighted by Crippen LogP contribution is -2.17. The molecule has 1 fully saturated rings. The predicted octanol–water partition coefficient (Wildman–Crippen LogP) is 2.59. The molecule has 1 aliphatic carbocycles. The molecule has 0 unspecified atom stereocenters. The molecule has 0 radical (unpaired) electrons. The Kier molecular flexibility index (Phi) is 6.05. The monoisotopic (exact) mass is 377 g/mol. The maximum Gasteiger partial charge on any atom is 0.264 e. The molecule has 3 rings (SSSR count). The van der Waals surface area contributed by atoms with Crippen molar-refractivity contribution in [3.63, 3.8) is 0 Å². The highest BCUT2D eigenvalue weighted by Crippen LogP contribution is 2.18. The van der Waals surface area contributed by atoms with E-state index < -0.39 is 0 Å². The van der Waals surface area contributed by atoms with Crippen LogP contribution in [0, 0.1) is 5.82 Å². The number of hydrogen-bond donors (Lipinski definition) is 3. The lowest BCUT2D eigenvalue weighted by molar-refractivity contribution is -0.113. The Labute approximate surface area is 154 Å². The summed E-state index contributed by atoms with van der Waals surface area (Å²) in [7, 11) is 0. The zero-order chi connectivity index (χ0) is 18.4. The zero-order valence-electron chi connectivity index (χ0n) is 14.1. The molecule has 1 saturated carbocycles. The molecule has 1 heterocycles. The molecule has 1 aliphatic rings. The summed E-state index contributed by atoms with van der Waals surface area (Å²) >= 11 is 1.15. The van der Waals surface area contributed by atoms with Crippen LogP contribution >= 0.6 is 11.8 Å². The van der Waals surface area contributed by atoms with Crippen molar-refractivity contribution in [3.8, 4) is 0 Å². The second kappa shape index (κ2) is 8.65. The van der Waals surface area contributed by atoms with Gasteiger partial charge in [-0.3, -0.25) is 4.79 Å². The molecule has 138 valence electrons. The van der Waals surface area contributed by atoms with E-state index in [1.54, 1.807) is 0 Å². The van der Waals surface area contributed by atoms with Gasteiger partial charge in [0.25, 0.3) is 5.95 Å². The van der Waals surface area contributed by atoms with E-state index in [2.05, 4.69) is 26.0 Å². The fourth-order valence-corrected chi connectivity index (χ4v) is 3.17. The number of carbonyl (C=O) groups excluding carboxylic acids is 1. The van der Waals surface area contributed by atoms with E-state index in [1.165, 1.54) is 35.4 Å². The number of aromatic nitrogens is 3. The highest BCUT2D eigenvalue weighted by molar-refractivity contribution is 7.99. The third kappa shape index (κ3) is 4.94. The van der Waals surface area contributed by atoms with Crippen LogP contribution in [0.4, 0.5) is 16.0 Å². The maximum absolute atomic E-state index is 12.9. The standard InChI is InChI=1S/C16H20FN7OS/c17-11-6-8-12(9-7-11)19-14(25)10-26-16-23-22-15(24(16)18)21-20-13-4-2-1-3-5-13/h6-9H,1-5,10,18H2,(H,19,25)(H,21,22). The minimum absolute atomic E-state index is 0.0984. The minimum atomic E-state index is -0.356. The summed E-state index contributed by atoms with van der Waals surface area (Å²) in [4.78, 5) is 12.0. The van der Waals surface area contributed by atoms with Gasteiger partial charge in [0.1, 0.15) is 5.82 Å². The predicted molar refractivity (Wildman–Crippen MR) is 100 cm³/mol. The summed E-state index contributed by atoms with van der Waals surface area (Å²) in [5.74, 6) is 5.76. The third-order valence-corrected chi connectivity index (χ3v) is 4.81. The van der Waals surface area contributed by atoms with Crippen LogP contribution in [-0.4, -0.2) is 32.2 Å². The summed E-state index contributed by atoms with van der Waals surface area (Å²) in [6.07, 6.45) is 5.51. The molecule has 0 bridgehead atoms. The molecular formula is C16H20FN7OS. The molecule has 0 saturated heterocycles. The second-order valence-electron chi connectivity index (χ2n) is 5.87. The number of rotatable bonds is 6. The van der Waals surface area contributed by atoms with Crippen LogP contribution in [0.1, 0.15) is 32.1 Å². The van der Waals surface area contributed by atoms with Gasteiger partial charge in [-0.15, -0.1) is 10.2 Å². The lowest BCUT2D eigenvalue weighted by Gasteiger charge is -2.12. The molecule has 1 aromatic carbocycles. The van der Waals surface area contributed by atoms with Gasteiger partial charge in [0.2, 0.25) is 11.1 Å². The summed E-state index contributed by atoms with van der Waals surface area (Å²) in [5, 5.41) is 15.3. The summed E-state index contributed by atoms with van der Waals surface area (Å²) in [6, 6.07) is 5.56. The van der Waals surface area contributed by atoms with Gasteiger partial charge in [0, 0.05) is 11.4 Å². The van der Waals surface area contributed by atoms with E-state index in [4.69, 9.17) is 5.84 Å². The number of hydrogen-bond acceptors (Lipinski definition) is 7. The molecule has 4 N–H and O–H groups in total. The Morgan fingerprint density at radius 2 is 1.96 bits per heavy atom. The number of anilines is 2. The van der Waals surface area contributed by atoms with Crippen LogP contribution in [0.2, 0.25) is 0 Å². The Bertz CT molecular complexity index is 782. The van der Waals surface area contributed by atoms with Crippen molar-refractivity contribution in [2.24, 2.45) is 5.10 Å². The topological polar surface area (TPSA) is 110 Å². The van der Waals surface area contributed by atoms with Crippen LogP contribution in [-0.2, 0) is 4.79 Å². The van der Waals surface area contributed by atoms with E-state index in [9.17, 15) is 9.18 Å². The van der Waals surface area contributed by atoms with E-state index in [1.807, 2.05) is 0 Å². The fraction of sp³-hybridized carbons (Fsp3) is 0.375. The number of thioether (sulfide) groups is 1. The van der Waals surface area contributed by atoms with Crippen LogP contribution in [0.25, 0.3) is 0 Å². The average molecular weight is 377 g/mol. The number of nitrogens with one attached hydrogen (secondary N) is 2. The highest BCUT2D eigenvalue weighted by Gasteiger charge is 2.13. The van der Waals surface area contributed by atoms with Crippen LogP contribution < -0.4 is 16.6 Å². The van der Waals surface area contributed by atoms with Gasteiger partial charge >= 0.3 is 0 Å². The van der Waals surface area contributed by atoms with Crippen molar-refractivity contribution in [1.82, 2.24) is 14.9 Å². The van der Waals surface area contributed by atoms with Crippen LogP contribution in [0.15, 0.2) is 34.5 Å². The smallest absolute Gasteiger partial charge is 0.264 e. The molecule has 1 amide bonds. The largest absolute Gasteiger partial charge is 0.334 e. The number of nitrogens with two attached hydrogens (primary N) is 1. The molecule has 1 aromatic heterocycles. The van der Waals surface area contributed by atoms with Crippen molar-refractivity contribution in [1.29, 1.82) is 0 Å². The first kappa shape index (κ1) is 18.2. The van der Waals surface area contributed by atoms with Gasteiger partial charge < -0.3 is 11.2 Å². The van der Waals surface area contributed by atoms with Gasteiger partial charge in [0.15, 0.2) is 0 Å². The molecule has 0 atom stereocenters. The summed E-state index contributed by atoms with van der Waals surface area (Å²) < 4.78 is 14.1. The van der Waals surface area contributed by atoms with E-state index in [0.717, 1.165) is 43.2 Å². The number of halogens is 1. The first-order valence-corrected chi connectivity index (χ1v) is 9.30. The second-order valence-corrected chi connectivity index (χ2v) is 6.81. The molecule has 0 aliphatic heterocycles. The van der Waals surface area contributed by atoms with Gasteiger partial charge in [0.05, 0.1) is 5.75 Å². The number of amides is 1. The summed E-state index contributed by atoms with van der Waals surface area (Å²) in [5.41, 5.74) is 4.47. The molecule has 2 aromatic rings. The number of nitrogens with zero attached hydrogens (tertiary/aromatic N) is 4. The van der Waals surface area contributed by atoms with Gasteiger partial charge in [-0.05, 0) is 49.9 Å². The Hall–Kier alpha value is -2.62.